The summed E-state index contributed by atoms with van der Waals surface area (Å²) in [4.78, 5) is 0. The minimum absolute atomic E-state index is 0.128. The van der Waals surface area contributed by atoms with Crippen molar-refractivity contribution in [2.75, 3.05) is 0 Å². The van der Waals surface area contributed by atoms with Crippen LogP contribution in [0.25, 0.3) is 11.0 Å². The number of fused-ring (bicyclic) bond motifs is 1. The average molecular weight is 224 g/mol. The molecule has 0 amide bonds. The van der Waals surface area contributed by atoms with Gasteiger partial charge < -0.3 is 10.2 Å². The fraction of sp³-hybridized carbons (Fsp3) is 0.333. The van der Waals surface area contributed by atoms with Gasteiger partial charge in [-0.25, -0.2) is 0 Å². The van der Waals surface area contributed by atoms with Crippen LogP contribution in [-0.4, -0.2) is 6.04 Å². The van der Waals surface area contributed by atoms with E-state index in [4.69, 9.17) is 21.8 Å². The van der Waals surface area contributed by atoms with Gasteiger partial charge in [0.25, 0.3) is 0 Å². The fourth-order valence-electron chi connectivity index (χ4n) is 1.83. The Morgan fingerprint density at radius 1 is 1.47 bits per heavy atom. The molecule has 0 aliphatic carbocycles. The monoisotopic (exact) mass is 223 g/mol. The predicted octanol–water partition coefficient (Wildman–Crippen LogP) is 3.28. The zero-order valence-electron chi connectivity index (χ0n) is 8.88. The molecule has 1 heterocycles. The van der Waals surface area contributed by atoms with Crippen LogP contribution < -0.4 is 5.73 Å². The molecule has 0 aliphatic rings. The number of para-hydroxylation sites is 1. The van der Waals surface area contributed by atoms with E-state index in [2.05, 4.69) is 0 Å². The summed E-state index contributed by atoms with van der Waals surface area (Å²) in [5, 5.41) is 1.74. The van der Waals surface area contributed by atoms with E-state index < -0.39 is 0 Å². The lowest BCUT2D eigenvalue weighted by Crippen LogP contribution is -2.17. The molecule has 2 rings (SSSR count). The molecular formula is C12H14ClNO. The maximum atomic E-state index is 6.05. The molecule has 0 spiro atoms. The molecule has 0 saturated heterocycles. The number of benzene rings is 1. The topological polar surface area (TPSA) is 39.2 Å². The lowest BCUT2D eigenvalue weighted by atomic mass is 10.0. The molecule has 2 aromatic rings. The quantitative estimate of drug-likeness (QED) is 0.849. The molecule has 1 aromatic heterocycles. The van der Waals surface area contributed by atoms with Gasteiger partial charge in [0.1, 0.15) is 5.76 Å². The molecule has 0 radical (unpaired) electrons. The zero-order chi connectivity index (χ0) is 11.0. The largest absolute Gasteiger partial charge is 0.460 e. The Hall–Kier alpha value is -0.990. The van der Waals surface area contributed by atoms with E-state index in [9.17, 15) is 0 Å². The average Bonchev–Trinajstić information content (AvgIpc) is 2.45. The van der Waals surface area contributed by atoms with E-state index in [-0.39, 0.29) is 6.04 Å². The summed E-state index contributed by atoms with van der Waals surface area (Å²) in [6.07, 6.45) is 0.819. The van der Waals surface area contributed by atoms with E-state index in [0.717, 1.165) is 23.2 Å². The van der Waals surface area contributed by atoms with E-state index in [0.29, 0.717) is 5.02 Å². The number of nitrogens with two attached hydrogens (primary N) is 1. The van der Waals surface area contributed by atoms with Crippen molar-refractivity contribution in [3.63, 3.8) is 0 Å². The Bertz CT molecular complexity index is 488. The van der Waals surface area contributed by atoms with Crippen molar-refractivity contribution in [1.29, 1.82) is 0 Å². The smallest absolute Gasteiger partial charge is 0.153 e. The van der Waals surface area contributed by atoms with Crippen molar-refractivity contribution in [2.45, 2.75) is 26.3 Å². The van der Waals surface area contributed by atoms with Crippen molar-refractivity contribution in [3.05, 3.63) is 34.5 Å². The predicted molar refractivity (Wildman–Crippen MR) is 63.3 cm³/mol. The maximum Gasteiger partial charge on any atom is 0.153 e. The van der Waals surface area contributed by atoms with Crippen molar-refractivity contribution in [1.82, 2.24) is 0 Å². The highest BCUT2D eigenvalue weighted by atomic mass is 35.5. The normalized spacial score (nSPS) is 13.3. The minimum atomic E-state index is 0.128. The Morgan fingerprint density at radius 3 is 2.87 bits per heavy atom. The molecule has 0 aliphatic heterocycles. The standard InChI is InChI=1S/C12H14ClNO/c1-7(14)6-10-8(2)15-12-9(10)4-3-5-11(12)13/h3-5,7H,6,14H2,1-2H3. The Kier molecular flexibility index (Phi) is 2.72. The van der Waals surface area contributed by atoms with E-state index in [1.54, 1.807) is 0 Å². The van der Waals surface area contributed by atoms with Gasteiger partial charge in [-0.2, -0.15) is 0 Å². The molecule has 0 fully saturated rings. The van der Waals surface area contributed by atoms with Crippen LogP contribution in [0.2, 0.25) is 5.02 Å². The van der Waals surface area contributed by atoms with E-state index in [1.165, 1.54) is 5.56 Å². The lowest BCUT2D eigenvalue weighted by Gasteiger charge is -2.03. The van der Waals surface area contributed by atoms with Crippen LogP contribution in [0.3, 0.4) is 0 Å². The Balaban J connectivity index is 2.63. The first-order valence-corrected chi connectivity index (χ1v) is 5.39. The second-order valence-corrected chi connectivity index (χ2v) is 4.34. The van der Waals surface area contributed by atoms with Crippen LogP contribution in [0.15, 0.2) is 22.6 Å². The van der Waals surface area contributed by atoms with Gasteiger partial charge in [-0.05, 0) is 26.3 Å². The van der Waals surface area contributed by atoms with E-state index >= 15 is 0 Å². The highest BCUT2D eigenvalue weighted by Gasteiger charge is 2.13. The summed E-state index contributed by atoms with van der Waals surface area (Å²) >= 11 is 6.05. The Morgan fingerprint density at radius 2 is 2.20 bits per heavy atom. The molecule has 80 valence electrons. The van der Waals surface area contributed by atoms with Crippen LogP contribution >= 0.6 is 11.6 Å². The molecule has 0 saturated carbocycles. The molecule has 1 unspecified atom stereocenters. The summed E-state index contributed by atoms with van der Waals surface area (Å²) < 4.78 is 5.64. The number of halogens is 1. The van der Waals surface area contributed by atoms with Gasteiger partial charge in [0.2, 0.25) is 0 Å². The summed E-state index contributed by atoms with van der Waals surface area (Å²) in [6.45, 7) is 3.94. The SMILES string of the molecule is Cc1oc2c(Cl)cccc2c1CC(C)N. The van der Waals surface area contributed by atoms with E-state index in [1.807, 2.05) is 32.0 Å². The van der Waals surface area contributed by atoms with Crippen molar-refractivity contribution in [3.8, 4) is 0 Å². The van der Waals surface area contributed by atoms with Crippen molar-refractivity contribution >= 4 is 22.6 Å². The highest BCUT2D eigenvalue weighted by Crippen LogP contribution is 2.31. The molecule has 15 heavy (non-hydrogen) atoms. The zero-order valence-corrected chi connectivity index (χ0v) is 9.64. The third-order valence-electron chi connectivity index (χ3n) is 2.50. The van der Waals surface area contributed by atoms with Gasteiger partial charge >= 0.3 is 0 Å². The van der Waals surface area contributed by atoms with Crippen molar-refractivity contribution < 1.29 is 4.42 Å². The van der Waals surface area contributed by atoms with Crippen LogP contribution in [-0.2, 0) is 6.42 Å². The summed E-state index contributed by atoms with van der Waals surface area (Å²) in [5.74, 6) is 0.912. The second-order valence-electron chi connectivity index (χ2n) is 3.93. The first kappa shape index (κ1) is 10.5. The third-order valence-corrected chi connectivity index (χ3v) is 2.80. The van der Waals surface area contributed by atoms with Crippen molar-refractivity contribution in [2.24, 2.45) is 5.73 Å². The third kappa shape index (κ3) is 1.87. The summed E-state index contributed by atoms with van der Waals surface area (Å²) in [5.41, 5.74) is 7.75. The Labute approximate surface area is 94.0 Å². The second kappa shape index (κ2) is 3.87. The fourth-order valence-corrected chi connectivity index (χ4v) is 2.04. The van der Waals surface area contributed by atoms with Crippen LogP contribution in [0, 0.1) is 6.92 Å². The van der Waals surface area contributed by atoms with Gasteiger partial charge in [-0.1, -0.05) is 23.7 Å². The molecule has 1 atom stereocenters. The molecule has 3 heteroatoms. The number of rotatable bonds is 2. The first-order valence-electron chi connectivity index (χ1n) is 5.01. The summed E-state index contributed by atoms with van der Waals surface area (Å²) in [6, 6.07) is 5.92. The molecule has 0 bridgehead atoms. The van der Waals surface area contributed by atoms with Gasteiger partial charge in [0.15, 0.2) is 5.58 Å². The van der Waals surface area contributed by atoms with Gasteiger partial charge in [0, 0.05) is 17.0 Å². The molecule has 1 aromatic carbocycles. The molecule has 2 nitrogen and oxygen atoms in total. The first-order chi connectivity index (χ1) is 7.09. The van der Waals surface area contributed by atoms with Crippen LogP contribution in [0.5, 0.6) is 0 Å². The van der Waals surface area contributed by atoms with Crippen LogP contribution in [0.4, 0.5) is 0 Å². The van der Waals surface area contributed by atoms with Crippen LogP contribution in [0.1, 0.15) is 18.2 Å². The maximum absolute atomic E-state index is 6.05. The lowest BCUT2D eigenvalue weighted by molar-refractivity contribution is 0.568. The van der Waals surface area contributed by atoms with Gasteiger partial charge in [-0.15, -0.1) is 0 Å². The van der Waals surface area contributed by atoms with Gasteiger partial charge in [0.05, 0.1) is 5.02 Å². The number of hydrogen-bond acceptors (Lipinski definition) is 2. The molecular weight excluding hydrogens is 210 g/mol. The molecule has 2 N–H and O–H groups in total. The number of aryl methyl sites for hydroxylation is 1. The minimum Gasteiger partial charge on any atom is -0.460 e. The highest BCUT2D eigenvalue weighted by molar-refractivity contribution is 6.34. The van der Waals surface area contributed by atoms with Gasteiger partial charge in [-0.3, -0.25) is 0 Å². The number of furan rings is 1. The number of hydrogen-bond donors (Lipinski definition) is 1. The summed E-state index contributed by atoms with van der Waals surface area (Å²) in [7, 11) is 0.